The number of amides is 1. The van der Waals surface area contributed by atoms with E-state index in [4.69, 9.17) is 0 Å². The number of fused-ring (bicyclic) bond motifs is 1. The normalized spacial score (nSPS) is 18.2. The highest BCUT2D eigenvalue weighted by atomic mass is 16.2. The Hall–Kier alpha value is -2.13. The minimum absolute atomic E-state index is 0.0216. The zero-order valence-corrected chi connectivity index (χ0v) is 12.6. The van der Waals surface area contributed by atoms with Crippen LogP contribution in [0.25, 0.3) is 0 Å². The van der Waals surface area contributed by atoms with E-state index >= 15 is 0 Å². The van der Waals surface area contributed by atoms with E-state index in [1.54, 1.807) is 0 Å². The van der Waals surface area contributed by atoms with Crippen molar-refractivity contribution >= 4 is 11.6 Å². The van der Waals surface area contributed by atoms with Gasteiger partial charge >= 0.3 is 0 Å². The third-order valence-corrected chi connectivity index (χ3v) is 4.11. The number of hydrogen-bond acceptors (Lipinski definition) is 2. The van der Waals surface area contributed by atoms with Gasteiger partial charge in [-0.25, -0.2) is 0 Å². The Morgan fingerprint density at radius 1 is 1.14 bits per heavy atom. The van der Waals surface area contributed by atoms with Crippen LogP contribution in [0, 0.1) is 13.8 Å². The van der Waals surface area contributed by atoms with E-state index < -0.39 is 0 Å². The van der Waals surface area contributed by atoms with Crippen LogP contribution in [-0.2, 0) is 4.79 Å². The fourth-order valence-electron chi connectivity index (χ4n) is 2.94. The third-order valence-electron chi connectivity index (χ3n) is 4.11. The van der Waals surface area contributed by atoms with Crippen molar-refractivity contribution in [2.24, 2.45) is 0 Å². The zero-order valence-electron chi connectivity index (χ0n) is 12.6. The van der Waals surface area contributed by atoms with Gasteiger partial charge in [0.15, 0.2) is 0 Å². The molecule has 0 bridgehead atoms. The van der Waals surface area contributed by atoms with Crippen LogP contribution in [0.1, 0.15) is 41.3 Å². The van der Waals surface area contributed by atoms with Gasteiger partial charge < -0.3 is 5.32 Å². The Morgan fingerprint density at radius 2 is 1.90 bits per heavy atom. The molecular formula is C18H20N2O. The Labute approximate surface area is 125 Å². The molecule has 108 valence electrons. The number of rotatable bonds is 3. The molecule has 3 heteroatoms. The van der Waals surface area contributed by atoms with Crippen LogP contribution in [0.3, 0.4) is 0 Å². The van der Waals surface area contributed by atoms with E-state index in [1.165, 1.54) is 16.7 Å². The molecule has 1 heterocycles. The number of para-hydroxylation sites is 1. The molecule has 0 spiro atoms. The van der Waals surface area contributed by atoms with Gasteiger partial charge in [-0.15, -0.1) is 0 Å². The summed E-state index contributed by atoms with van der Waals surface area (Å²) >= 11 is 0. The number of hydrogen-bond donors (Lipinski definition) is 2. The summed E-state index contributed by atoms with van der Waals surface area (Å²) in [6, 6.07) is 14.1. The average molecular weight is 280 g/mol. The highest BCUT2D eigenvalue weighted by molar-refractivity contribution is 6.02. The van der Waals surface area contributed by atoms with Gasteiger partial charge in [-0.05, 0) is 38.0 Å². The number of carbonyl (C=O) groups is 1. The van der Waals surface area contributed by atoms with E-state index in [0.29, 0.717) is 0 Å². The van der Waals surface area contributed by atoms with Crippen LogP contribution in [0.15, 0.2) is 42.5 Å². The minimum atomic E-state index is -0.281. The van der Waals surface area contributed by atoms with Gasteiger partial charge in [-0.3, -0.25) is 10.1 Å². The lowest BCUT2D eigenvalue weighted by atomic mass is 9.98. The van der Waals surface area contributed by atoms with Crippen molar-refractivity contribution in [2.75, 3.05) is 5.32 Å². The highest BCUT2D eigenvalue weighted by Gasteiger charge is 2.31. The lowest BCUT2D eigenvalue weighted by molar-refractivity contribution is -0.117. The van der Waals surface area contributed by atoms with Crippen molar-refractivity contribution in [1.82, 2.24) is 5.32 Å². The predicted octanol–water partition coefficient (Wildman–Crippen LogP) is 3.65. The predicted molar refractivity (Wildman–Crippen MR) is 85.3 cm³/mol. The Balaban J connectivity index is 1.87. The summed E-state index contributed by atoms with van der Waals surface area (Å²) in [5.41, 5.74) is 5.66. The molecule has 0 aliphatic carbocycles. The SMILES string of the molecule is Cc1ccc(C)c(C(C)NC2C(=O)Nc3ccccc32)c1. The number of anilines is 1. The molecule has 2 atom stereocenters. The van der Waals surface area contributed by atoms with Gasteiger partial charge in [0.25, 0.3) is 0 Å². The summed E-state index contributed by atoms with van der Waals surface area (Å²) in [5, 5.41) is 6.39. The van der Waals surface area contributed by atoms with E-state index in [0.717, 1.165) is 11.3 Å². The van der Waals surface area contributed by atoms with E-state index in [1.807, 2.05) is 24.3 Å². The summed E-state index contributed by atoms with van der Waals surface area (Å²) in [6.45, 7) is 6.30. The lowest BCUT2D eigenvalue weighted by Gasteiger charge is -2.21. The van der Waals surface area contributed by atoms with Gasteiger partial charge in [0, 0.05) is 17.3 Å². The molecule has 2 aromatic rings. The second kappa shape index (κ2) is 5.34. The molecule has 0 fully saturated rings. The summed E-state index contributed by atoms with van der Waals surface area (Å²) in [6.07, 6.45) is 0. The van der Waals surface area contributed by atoms with Crippen molar-refractivity contribution in [3.8, 4) is 0 Å². The second-order valence-corrected chi connectivity index (χ2v) is 5.76. The fraction of sp³-hybridized carbons (Fsp3) is 0.278. The van der Waals surface area contributed by atoms with Crippen LogP contribution in [0.2, 0.25) is 0 Å². The van der Waals surface area contributed by atoms with E-state index in [2.05, 4.69) is 49.6 Å². The first-order valence-electron chi connectivity index (χ1n) is 7.29. The number of benzene rings is 2. The number of carbonyl (C=O) groups excluding carboxylic acids is 1. The Kier molecular flexibility index (Phi) is 3.52. The van der Waals surface area contributed by atoms with Crippen molar-refractivity contribution in [1.29, 1.82) is 0 Å². The summed E-state index contributed by atoms with van der Waals surface area (Å²) in [5.74, 6) is 0.0216. The first-order chi connectivity index (χ1) is 10.1. The number of aryl methyl sites for hydroxylation is 2. The molecule has 2 unspecified atom stereocenters. The standard InChI is InChI=1S/C18H20N2O/c1-11-8-9-12(2)15(10-11)13(3)19-17-14-6-4-5-7-16(14)20-18(17)21/h4-10,13,17,19H,1-3H3,(H,20,21). The lowest BCUT2D eigenvalue weighted by Crippen LogP contribution is -2.30. The third kappa shape index (κ3) is 2.57. The van der Waals surface area contributed by atoms with Crippen LogP contribution in [0.5, 0.6) is 0 Å². The average Bonchev–Trinajstić information content (AvgIpc) is 2.78. The molecule has 3 rings (SSSR count). The maximum Gasteiger partial charge on any atom is 0.246 e. The monoisotopic (exact) mass is 280 g/mol. The van der Waals surface area contributed by atoms with E-state index in [9.17, 15) is 4.79 Å². The number of nitrogens with one attached hydrogen (secondary N) is 2. The van der Waals surface area contributed by atoms with Gasteiger partial charge in [0.1, 0.15) is 6.04 Å². The summed E-state index contributed by atoms with van der Waals surface area (Å²) in [7, 11) is 0. The summed E-state index contributed by atoms with van der Waals surface area (Å²) in [4.78, 5) is 12.2. The van der Waals surface area contributed by atoms with Crippen molar-refractivity contribution in [2.45, 2.75) is 32.9 Å². The quantitative estimate of drug-likeness (QED) is 0.901. The van der Waals surface area contributed by atoms with Crippen molar-refractivity contribution < 1.29 is 4.79 Å². The largest absolute Gasteiger partial charge is 0.324 e. The highest BCUT2D eigenvalue weighted by Crippen LogP contribution is 2.32. The maximum atomic E-state index is 12.2. The molecule has 1 aliphatic heterocycles. The fourth-order valence-corrected chi connectivity index (χ4v) is 2.94. The van der Waals surface area contributed by atoms with Gasteiger partial charge in [-0.1, -0.05) is 42.0 Å². The smallest absolute Gasteiger partial charge is 0.246 e. The molecule has 3 nitrogen and oxygen atoms in total. The van der Waals surface area contributed by atoms with E-state index in [-0.39, 0.29) is 18.0 Å². The second-order valence-electron chi connectivity index (χ2n) is 5.76. The molecule has 21 heavy (non-hydrogen) atoms. The van der Waals surface area contributed by atoms with Crippen molar-refractivity contribution in [3.05, 3.63) is 64.7 Å². The Bertz CT molecular complexity index is 693. The van der Waals surface area contributed by atoms with Crippen molar-refractivity contribution in [3.63, 3.8) is 0 Å². The molecule has 0 radical (unpaired) electrons. The topological polar surface area (TPSA) is 41.1 Å². The molecule has 0 aromatic heterocycles. The molecule has 2 N–H and O–H groups in total. The zero-order chi connectivity index (χ0) is 15.0. The first kappa shape index (κ1) is 13.8. The molecule has 1 aliphatic rings. The summed E-state index contributed by atoms with van der Waals surface area (Å²) < 4.78 is 0. The van der Waals surface area contributed by atoms with Crippen LogP contribution < -0.4 is 10.6 Å². The molecule has 0 saturated carbocycles. The first-order valence-corrected chi connectivity index (χ1v) is 7.29. The van der Waals surface area contributed by atoms with Crippen LogP contribution in [-0.4, -0.2) is 5.91 Å². The van der Waals surface area contributed by atoms with Crippen LogP contribution in [0.4, 0.5) is 5.69 Å². The molecular weight excluding hydrogens is 260 g/mol. The van der Waals surface area contributed by atoms with Crippen LogP contribution >= 0.6 is 0 Å². The molecule has 1 amide bonds. The molecule has 2 aromatic carbocycles. The molecule has 0 saturated heterocycles. The van der Waals surface area contributed by atoms with Gasteiger partial charge in [0.2, 0.25) is 5.91 Å². The maximum absolute atomic E-state index is 12.2. The minimum Gasteiger partial charge on any atom is -0.324 e. The Morgan fingerprint density at radius 3 is 2.71 bits per heavy atom. The van der Waals surface area contributed by atoms with Gasteiger partial charge in [-0.2, -0.15) is 0 Å². The van der Waals surface area contributed by atoms with Gasteiger partial charge in [0.05, 0.1) is 0 Å².